The Hall–Kier alpha value is -3.51. The number of hydrogen-bond donors (Lipinski definition) is 3. The molecule has 3 N–H and O–H groups in total. The van der Waals surface area contributed by atoms with Crippen molar-refractivity contribution >= 4 is 35.2 Å². The average molecular weight is 412 g/mol. The van der Waals surface area contributed by atoms with E-state index in [0.29, 0.717) is 22.1 Å². The molecule has 7 heteroatoms. The van der Waals surface area contributed by atoms with Crippen molar-refractivity contribution in [3.05, 3.63) is 76.0 Å². The minimum atomic E-state index is -1.28. The van der Waals surface area contributed by atoms with E-state index in [4.69, 9.17) is 21.1 Å². The molecule has 0 radical (unpaired) electrons. The van der Waals surface area contributed by atoms with Crippen LogP contribution in [0.2, 0.25) is 5.02 Å². The molecule has 0 saturated heterocycles. The molecular weight excluding hydrogens is 394 g/mol. The molecule has 3 aromatic rings. The Morgan fingerprint density at radius 2 is 1.83 bits per heavy atom. The first-order chi connectivity index (χ1) is 13.7. The fourth-order valence-electron chi connectivity index (χ4n) is 2.70. The topological polar surface area (TPSA) is 99.8 Å². The van der Waals surface area contributed by atoms with Crippen LogP contribution in [0.1, 0.15) is 27.2 Å². The van der Waals surface area contributed by atoms with Crippen molar-refractivity contribution in [2.75, 3.05) is 5.32 Å². The van der Waals surface area contributed by atoms with E-state index in [1.807, 2.05) is 25.1 Å². The maximum atomic E-state index is 12.2. The number of aromatic hydroxyl groups is 1. The van der Waals surface area contributed by atoms with E-state index in [2.05, 4.69) is 5.32 Å². The fraction of sp³-hybridized carbons (Fsp3) is 0.0909. The maximum Gasteiger partial charge on any atom is 0.339 e. The summed E-state index contributed by atoms with van der Waals surface area (Å²) < 4.78 is 5.71. The zero-order valence-corrected chi connectivity index (χ0v) is 16.4. The van der Waals surface area contributed by atoms with E-state index in [0.717, 1.165) is 11.1 Å². The minimum absolute atomic E-state index is 0.266. The fourth-order valence-corrected chi connectivity index (χ4v) is 2.88. The number of nitrogens with one attached hydrogen (secondary N) is 1. The highest BCUT2D eigenvalue weighted by Crippen LogP contribution is 2.28. The number of aryl methyl sites for hydroxylation is 2. The van der Waals surface area contributed by atoms with E-state index in [-0.39, 0.29) is 17.0 Å². The van der Waals surface area contributed by atoms with Crippen LogP contribution < -0.4 is 5.32 Å². The normalized spacial score (nSPS) is 11.0. The summed E-state index contributed by atoms with van der Waals surface area (Å²) in [4.78, 5) is 23.3. The third kappa shape index (κ3) is 4.67. The van der Waals surface area contributed by atoms with E-state index >= 15 is 0 Å². The van der Waals surface area contributed by atoms with Gasteiger partial charge in [-0.3, -0.25) is 4.79 Å². The van der Waals surface area contributed by atoms with Gasteiger partial charge in [-0.1, -0.05) is 23.7 Å². The molecule has 0 bridgehead atoms. The summed E-state index contributed by atoms with van der Waals surface area (Å²) in [5, 5.41) is 22.1. The highest BCUT2D eigenvalue weighted by atomic mass is 35.5. The lowest BCUT2D eigenvalue weighted by Gasteiger charge is -2.08. The van der Waals surface area contributed by atoms with Gasteiger partial charge in [0, 0.05) is 22.3 Å². The first-order valence-corrected chi connectivity index (χ1v) is 9.04. The lowest BCUT2D eigenvalue weighted by atomic mass is 10.1. The summed E-state index contributed by atoms with van der Waals surface area (Å²) in [5.41, 5.74) is 2.12. The number of carboxylic acids is 1. The van der Waals surface area contributed by atoms with Crippen molar-refractivity contribution in [2.24, 2.45) is 0 Å². The molecular formula is C22H18ClNO5. The molecule has 1 aromatic heterocycles. The van der Waals surface area contributed by atoms with Crippen LogP contribution in [-0.4, -0.2) is 22.1 Å². The number of anilines is 1. The van der Waals surface area contributed by atoms with Crippen LogP contribution in [0, 0.1) is 13.8 Å². The van der Waals surface area contributed by atoms with E-state index < -0.39 is 11.9 Å². The third-order valence-electron chi connectivity index (χ3n) is 4.28. The van der Waals surface area contributed by atoms with Gasteiger partial charge in [-0.25, -0.2) is 4.79 Å². The summed E-state index contributed by atoms with van der Waals surface area (Å²) >= 11 is 6.14. The number of carbonyl (C=O) groups excluding carboxylic acids is 1. The van der Waals surface area contributed by atoms with Gasteiger partial charge in [-0.2, -0.15) is 0 Å². The third-order valence-corrected chi connectivity index (χ3v) is 4.69. The van der Waals surface area contributed by atoms with Crippen molar-refractivity contribution in [3.8, 4) is 17.1 Å². The highest BCUT2D eigenvalue weighted by molar-refractivity contribution is 6.31. The van der Waals surface area contributed by atoms with Crippen LogP contribution in [0.4, 0.5) is 5.69 Å². The number of aromatic carboxylic acids is 1. The second kappa shape index (κ2) is 8.24. The zero-order chi connectivity index (χ0) is 21.1. The van der Waals surface area contributed by atoms with Crippen LogP contribution in [0.25, 0.3) is 17.4 Å². The van der Waals surface area contributed by atoms with Gasteiger partial charge in [-0.15, -0.1) is 0 Å². The second-order valence-electron chi connectivity index (χ2n) is 6.48. The van der Waals surface area contributed by atoms with Crippen molar-refractivity contribution in [1.82, 2.24) is 0 Å². The molecule has 2 aromatic carbocycles. The van der Waals surface area contributed by atoms with Crippen molar-refractivity contribution in [1.29, 1.82) is 0 Å². The van der Waals surface area contributed by atoms with Crippen LogP contribution in [0.5, 0.6) is 5.75 Å². The zero-order valence-electron chi connectivity index (χ0n) is 15.7. The molecule has 0 atom stereocenters. The Balaban J connectivity index is 1.72. The van der Waals surface area contributed by atoms with E-state index in [1.165, 1.54) is 24.3 Å². The molecule has 1 amide bonds. The Morgan fingerprint density at radius 1 is 1.07 bits per heavy atom. The summed E-state index contributed by atoms with van der Waals surface area (Å²) in [6.07, 6.45) is 2.77. The summed E-state index contributed by atoms with van der Waals surface area (Å²) in [5.74, 6) is -0.989. The van der Waals surface area contributed by atoms with Gasteiger partial charge in [0.1, 0.15) is 22.8 Å². The molecule has 29 heavy (non-hydrogen) atoms. The number of furan rings is 1. The number of halogens is 1. The number of carboxylic acid groups (broad SMARTS) is 1. The molecule has 1 heterocycles. The first kappa shape index (κ1) is 20.2. The second-order valence-corrected chi connectivity index (χ2v) is 6.89. The number of amides is 1. The van der Waals surface area contributed by atoms with Crippen molar-refractivity contribution in [2.45, 2.75) is 13.8 Å². The van der Waals surface area contributed by atoms with Crippen molar-refractivity contribution in [3.63, 3.8) is 0 Å². The molecule has 0 aliphatic heterocycles. The Kier molecular flexibility index (Phi) is 5.75. The SMILES string of the molecule is Cc1ccc(-c2ccc(/C=C/C(=O)Nc3cc(C)c(O)c(C(=O)O)c3)o2)cc1Cl. The maximum absolute atomic E-state index is 12.2. The van der Waals surface area contributed by atoms with Crippen LogP contribution in [-0.2, 0) is 4.79 Å². The number of phenols is 1. The van der Waals surface area contributed by atoms with E-state index in [1.54, 1.807) is 19.1 Å². The van der Waals surface area contributed by atoms with Crippen LogP contribution >= 0.6 is 11.6 Å². The van der Waals surface area contributed by atoms with Gasteiger partial charge in [0.15, 0.2) is 0 Å². The summed E-state index contributed by atoms with van der Waals surface area (Å²) in [6, 6.07) is 11.8. The average Bonchev–Trinajstić information content (AvgIpc) is 3.14. The molecule has 148 valence electrons. The number of carbonyl (C=O) groups is 2. The first-order valence-electron chi connectivity index (χ1n) is 8.67. The predicted molar refractivity (Wildman–Crippen MR) is 111 cm³/mol. The molecule has 3 rings (SSSR count). The molecule has 0 saturated carbocycles. The van der Waals surface area contributed by atoms with Gasteiger partial charge < -0.3 is 19.9 Å². The van der Waals surface area contributed by atoms with E-state index in [9.17, 15) is 14.7 Å². The monoisotopic (exact) mass is 411 g/mol. The summed E-state index contributed by atoms with van der Waals surface area (Å²) in [7, 11) is 0. The number of rotatable bonds is 5. The quantitative estimate of drug-likeness (QED) is 0.392. The van der Waals surface area contributed by atoms with Gasteiger partial charge in [-0.05, 0) is 61.4 Å². The number of hydrogen-bond acceptors (Lipinski definition) is 4. The molecule has 0 unspecified atom stereocenters. The highest BCUT2D eigenvalue weighted by Gasteiger charge is 2.14. The smallest absolute Gasteiger partial charge is 0.339 e. The largest absolute Gasteiger partial charge is 0.507 e. The standard InChI is InChI=1S/C22H18ClNO5/c1-12-3-4-14(10-18(12)23)19-7-5-16(29-19)6-8-20(25)24-15-9-13(2)21(26)17(11-15)22(27)28/h3-11,26H,1-2H3,(H,24,25)(H,27,28)/b8-6+. The summed E-state index contributed by atoms with van der Waals surface area (Å²) in [6.45, 7) is 3.46. The van der Waals surface area contributed by atoms with Gasteiger partial charge in [0.25, 0.3) is 0 Å². The predicted octanol–water partition coefficient (Wildman–Crippen LogP) is 5.27. The molecule has 0 fully saturated rings. The van der Waals surface area contributed by atoms with Crippen LogP contribution in [0.15, 0.2) is 53.0 Å². The minimum Gasteiger partial charge on any atom is -0.507 e. The van der Waals surface area contributed by atoms with Gasteiger partial charge in [0.05, 0.1) is 0 Å². The van der Waals surface area contributed by atoms with Gasteiger partial charge >= 0.3 is 5.97 Å². The Morgan fingerprint density at radius 3 is 2.52 bits per heavy atom. The number of benzene rings is 2. The molecule has 0 aliphatic rings. The van der Waals surface area contributed by atoms with Crippen LogP contribution in [0.3, 0.4) is 0 Å². The lowest BCUT2D eigenvalue weighted by molar-refractivity contribution is -0.111. The Labute approximate surface area is 172 Å². The van der Waals surface area contributed by atoms with Crippen molar-refractivity contribution < 1.29 is 24.2 Å². The lowest BCUT2D eigenvalue weighted by Crippen LogP contribution is -2.09. The molecule has 0 spiro atoms. The molecule has 0 aliphatic carbocycles. The molecule has 6 nitrogen and oxygen atoms in total. The Bertz CT molecular complexity index is 1130. The van der Waals surface area contributed by atoms with Gasteiger partial charge in [0.2, 0.25) is 5.91 Å².